The molecule has 0 aliphatic rings. The van der Waals surface area contributed by atoms with Crippen LogP contribution in [0.2, 0.25) is 0 Å². The number of carbonyl (C=O) groups is 3. The highest BCUT2D eigenvalue weighted by Crippen LogP contribution is 2.09. The second kappa shape index (κ2) is 9.49. The molecule has 0 spiro atoms. The van der Waals surface area contributed by atoms with E-state index in [1.165, 1.54) is 6.92 Å². The van der Waals surface area contributed by atoms with E-state index in [-0.39, 0.29) is 5.78 Å². The SMILES string of the molecule is CC(=O)C(CCCCNC(=O)OC(C)(C)C)NC(=O)OC(C)(C)C. The van der Waals surface area contributed by atoms with Gasteiger partial charge in [0, 0.05) is 6.54 Å². The fourth-order valence-corrected chi connectivity index (χ4v) is 1.80. The second-order valence-electron chi connectivity index (χ2n) is 7.73. The number of carbonyl (C=O) groups excluding carboxylic acids is 3. The number of Topliss-reactive ketones (excluding diaryl/α,β-unsaturated/α-hetero) is 1. The zero-order chi connectivity index (χ0) is 19.0. The third-order valence-corrected chi connectivity index (χ3v) is 2.77. The number of hydrogen-bond acceptors (Lipinski definition) is 5. The summed E-state index contributed by atoms with van der Waals surface area (Å²) in [6.07, 6.45) is 0.784. The van der Waals surface area contributed by atoms with Crippen molar-refractivity contribution in [3.8, 4) is 0 Å². The number of amides is 2. The highest BCUT2D eigenvalue weighted by atomic mass is 16.6. The van der Waals surface area contributed by atoms with E-state index >= 15 is 0 Å². The lowest BCUT2D eigenvalue weighted by molar-refractivity contribution is -0.119. The van der Waals surface area contributed by atoms with Gasteiger partial charge in [-0.05, 0) is 67.7 Å². The van der Waals surface area contributed by atoms with Gasteiger partial charge in [-0.15, -0.1) is 0 Å². The lowest BCUT2D eigenvalue weighted by atomic mass is 10.1. The summed E-state index contributed by atoms with van der Waals surface area (Å²) in [6, 6.07) is -0.582. The van der Waals surface area contributed by atoms with Crippen LogP contribution in [0, 0.1) is 0 Å². The van der Waals surface area contributed by atoms with Crippen molar-refractivity contribution in [3.05, 3.63) is 0 Å². The molecule has 0 rings (SSSR count). The van der Waals surface area contributed by atoms with E-state index in [2.05, 4.69) is 10.6 Å². The minimum absolute atomic E-state index is 0.124. The third-order valence-electron chi connectivity index (χ3n) is 2.77. The number of hydrogen-bond donors (Lipinski definition) is 2. The quantitative estimate of drug-likeness (QED) is 0.692. The van der Waals surface area contributed by atoms with Gasteiger partial charge in [-0.1, -0.05) is 0 Å². The van der Waals surface area contributed by atoms with Crippen molar-refractivity contribution in [3.63, 3.8) is 0 Å². The predicted octanol–water partition coefficient (Wildman–Crippen LogP) is 3.16. The van der Waals surface area contributed by atoms with E-state index in [0.717, 1.165) is 0 Å². The Kier molecular flexibility index (Phi) is 8.78. The van der Waals surface area contributed by atoms with Crippen LogP contribution in [-0.2, 0) is 14.3 Å². The molecule has 0 aromatic rings. The summed E-state index contributed by atoms with van der Waals surface area (Å²) >= 11 is 0. The van der Waals surface area contributed by atoms with Crippen molar-refractivity contribution in [1.82, 2.24) is 10.6 Å². The Balaban J connectivity index is 4.09. The van der Waals surface area contributed by atoms with E-state index in [0.29, 0.717) is 25.8 Å². The number of nitrogens with one attached hydrogen (secondary N) is 2. The summed E-state index contributed by atoms with van der Waals surface area (Å²) < 4.78 is 10.3. The number of alkyl carbamates (subject to hydrolysis) is 2. The van der Waals surface area contributed by atoms with Crippen LogP contribution in [0.1, 0.15) is 67.7 Å². The first-order valence-corrected chi connectivity index (χ1v) is 8.27. The van der Waals surface area contributed by atoms with Crippen molar-refractivity contribution < 1.29 is 23.9 Å². The highest BCUT2D eigenvalue weighted by molar-refractivity contribution is 5.85. The molecule has 0 bridgehead atoms. The lowest BCUT2D eigenvalue weighted by Gasteiger charge is -2.22. The lowest BCUT2D eigenvalue weighted by Crippen LogP contribution is -2.42. The Hall–Kier alpha value is -1.79. The zero-order valence-electron chi connectivity index (χ0n) is 15.9. The maximum absolute atomic E-state index is 11.7. The van der Waals surface area contributed by atoms with Crippen LogP contribution in [0.25, 0.3) is 0 Å². The van der Waals surface area contributed by atoms with Gasteiger partial charge in [-0.2, -0.15) is 0 Å². The highest BCUT2D eigenvalue weighted by Gasteiger charge is 2.21. The normalized spacial score (nSPS) is 13.0. The first-order chi connectivity index (χ1) is 10.8. The number of unbranched alkanes of at least 4 members (excludes halogenated alkanes) is 1. The molecule has 0 aliphatic heterocycles. The number of ether oxygens (including phenoxy) is 2. The molecular formula is C17H32N2O5. The van der Waals surface area contributed by atoms with Gasteiger partial charge in [-0.3, -0.25) is 4.79 Å². The maximum Gasteiger partial charge on any atom is 0.408 e. The Morgan fingerprint density at radius 1 is 0.875 bits per heavy atom. The van der Waals surface area contributed by atoms with Gasteiger partial charge in [0.05, 0.1) is 6.04 Å². The van der Waals surface area contributed by atoms with Gasteiger partial charge in [0.25, 0.3) is 0 Å². The molecule has 0 aromatic heterocycles. The van der Waals surface area contributed by atoms with E-state index in [4.69, 9.17) is 9.47 Å². The second-order valence-corrected chi connectivity index (χ2v) is 7.73. The smallest absolute Gasteiger partial charge is 0.408 e. The Morgan fingerprint density at radius 2 is 1.38 bits per heavy atom. The van der Waals surface area contributed by atoms with Crippen molar-refractivity contribution in [1.29, 1.82) is 0 Å². The van der Waals surface area contributed by atoms with Crippen LogP contribution in [0.5, 0.6) is 0 Å². The molecule has 0 radical (unpaired) electrons. The Labute approximate surface area is 144 Å². The van der Waals surface area contributed by atoms with Crippen molar-refractivity contribution >= 4 is 18.0 Å². The van der Waals surface area contributed by atoms with Crippen molar-refractivity contribution in [2.75, 3.05) is 6.54 Å². The fraction of sp³-hybridized carbons (Fsp3) is 0.824. The fourth-order valence-electron chi connectivity index (χ4n) is 1.80. The molecule has 0 aliphatic carbocycles. The van der Waals surface area contributed by atoms with Gasteiger partial charge in [-0.25, -0.2) is 9.59 Å². The minimum atomic E-state index is -0.608. The molecule has 140 valence electrons. The predicted molar refractivity (Wildman–Crippen MR) is 91.9 cm³/mol. The van der Waals surface area contributed by atoms with Crippen LogP contribution >= 0.6 is 0 Å². The molecule has 0 saturated carbocycles. The van der Waals surface area contributed by atoms with Crippen molar-refractivity contribution in [2.24, 2.45) is 0 Å². The number of ketones is 1. The van der Waals surface area contributed by atoms with E-state index in [1.807, 2.05) is 0 Å². The Bertz CT molecular complexity index is 435. The van der Waals surface area contributed by atoms with Gasteiger partial charge < -0.3 is 20.1 Å². The van der Waals surface area contributed by atoms with Crippen molar-refractivity contribution in [2.45, 2.75) is 85.0 Å². The first kappa shape index (κ1) is 22.2. The zero-order valence-corrected chi connectivity index (χ0v) is 15.9. The third kappa shape index (κ3) is 12.7. The maximum atomic E-state index is 11.7. The summed E-state index contributed by atoms with van der Waals surface area (Å²) in [5, 5.41) is 5.24. The monoisotopic (exact) mass is 344 g/mol. The molecule has 2 amide bonds. The summed E-state index contributed by atoms with van der Waals surface area (Å²) in [6.45, 7) is 12.6. The molecule has 0 fully saturated rings. The summed E-state index contributed by atoms with van der Waals surface area (Å²) in [5.74, 6) is -0.124. The molecule has 0 aromatic carbocycles. The molecule has 0 heterocycles. The molecule has 0 saturated heterocycles. The first-order valence-electron chi connectivity index (χ1n) is 8.27. The summed E-state index contributed by atoms with van der Waals surface area (Å²) in [7, 11) is 0. The van der Waals surface area contributed by atoms with Crippen LogP contribution in [-0.4, -0.2) is 41.8 Å². The molecule has 7 heteroatoms. The largest absolute Gasteiger partial charge is 0.444 e. The van der Waals surface area contributed by atoms with Gasteiger partial charge in [0.1, 0.15) is 11.2 Å². The minimum Gasteiger partial charge on any atom is -0.444 e. The van der Waals surface area contributed by atoms with Gasteiger partial charge in [0.2, 0.25) is 0 Å². The summed E-state index contributed by atoms with van der Waals surface area (Å²) in [5.41, 5.74) is -1.14. The van der Waals surface area contributed by atoms with Crippen LogP contribution < -0.4 is 10.6 Å². The standard InChI is InChI=1S/C17H32N2O5/c1-12(20)13(19-15(22)24-17(5,6)7)10-8-9-11-18-14(21)23-16(2,3)4/h13H,8-11H2,1-7H3,(H,18,21)(H,19,22). The molecular weight excluding hydrogens is 312 g/mol. The van der Waals surface area contributed by atoms with Crippen LogP contribution in [0.15, 0.2) is 0 Å². The summed E-state index contributed by atoms with van der Waals surface area (Å²) in [4.78, 5) is 34.8. The van der Waals surface area contributed by atoms with E-state index in [9.17, 15) is 14.4 Å². The average molecular weight is 344 g/mol. The Morgan fingerprint density at radius 3 is 1.83 bits per heavy atom. The molecule has 2 N–H and O–H groups in total. The van der Waals surface area contributed by atoms with Gasteiger partial charge in [0.15, 0.2) is 5.78 Å². The van der Waals surface area contributed by atoms with Crippen LogP contribution in [0.3, 0.4) is 0 Å². The molecule has 24 heavy (non-hydrogen) atoms. The molecule has 7 nitrogen and oxygen atoms in total. The molecule has 1 atom stereocenters. The average Bonchev–Trinajstić information content (AvgIpc) is 2.32. The number of rotatable bonds is 7. The van der Waals surface area contributed by atoms with E-state index < -0.39 is 29.4 Å². The van der Waals surface area contributed by atoms with E-state index in [1.54, 1.807) is 41.5 Å². The topological polar surface area (TPSA) is 93.7 Å². The van der Waals surface area contributed by atoms with Gasteiger partial charge >= 0.3 is 12.2 Å². The molecule has 1 unspecified atom stereocenters. The van der Waals surface area contributed by atoms with Crippen LogP contribution in [0.4, 0.5) is 9.59 Å².